The normalized spacial score (nSPS) is 12.4. The molecule has 0 N–H and O–H groups in total. The highest BCUT2D eigenvalue weighted by Crippen LogP contribution is 2.14. The minimum atomic E-state index is -0.291. The van der Waals surface area contributed by atoms with Gasteiger partial charge in [-0.2, -0.15) is 0 Å². The second kappa shape index (κ2) is 7.48. The standard InChI is InChI=1S/C15H19NO3/c1-4-19-12(2)16(3)15(18)14-10-6-5-8-13(14)9-7-11-17/h5-12H,4H2,1-3H3/b9-7+. The third kappa shape index (κ3) is 4.03. The van der Waals surface area contributed by atoms with Gasteiger partial charge >= 0.3 is 0 Å². The SMILES string of the molecule is CCOC(C)N(C)C(=O)c1ccccc1/C=C/C=O. The first-order valence-corrected chi connectivity index (χ1v) is 6.21. The highest BCUT2D eigenvalue weighted by atomic mass is 16.5. The topological polar surface area (TPSA) is 46.6 Å². The summed E-state index contributed by atoms with van der Waals surface area (Å²) in [5.74, 6) is -0.132. The molecule has 19 heavy (non-hydrogen) atoms. The molecule has 0 aliphatic rings. The van der Waals surface area contributed by atoms with Crippen molar-refractivity contribution in [2.75, 3.05) is 13.7 Å². The molecule has 1 unspecified atom stereocenters. The lowest BCUT2D eigenvalue weighted by molar-refractivity contribution is -0.104. The fourth-order valence-electron chi connectivity index (χ4n) is 1.69. The second-order valence-corrected chi connectivity index (χ2v) is 4.05. The van der Waals surface area contributed by atoms with Gasteiger partial charge < -0.3 is 9.64 Å². The van der Waals surface area contributed by atoms with Crippen LogP contribution in [0.2, 0.25) is 0 Å². The molecule has 0 aromatic heterocycles. The molecular formula is C15H19NO3. The van der Waals surface area contributed by atoms with Crippen LogP contribution < -0.4 is 0 Å². The molecule has 1 rings (SSSR count). The molecule has 0 saturated carbocycles. The Morgan fingerprint density at radius 2 is 2.11 bits per heavy atom. The van der Waals surface area contributed by atoms with Gasteiger partial charge in [-0.3, -0.25) is 9.59 Å². The molecule has 1 aromatic rings. The Morgan fingerprint density at radius 1 is 1.42 bits per heavy atom. The maximum Gasteiger partial charge on any atom is 0.256 e. The van der Waals surface area contributed by atoms with Gasteiger partial charge in [-0.25, -0.2) is 0 Å². The first kappa shape index (κ1) is 15.1. The van der Waals surface area contributed by atoms with Crippen molar-refractivity contribution < 1.29 is 14.3 Å². The first-order chi connectivity index (χ1) is 9.11. The molecule has 1 aromatic carbocycles. The van der Waals surface area contributed by atoms with Gasteiger partial charge in [0.15, 0.2) is 0 Å². The first-order valence-electron chi connectivity index (χ1n) is 6.21. The average molecular weight is 261 g/mol. The number of benzene rings is 1. The molecule has 0 radical (unpaired) electrons. The van der Waals surface area contributed by atoms with Crippen molar-refractivity contribution in [3.05, 3.63) is 41.5 Å². The summed E-state index contributed by atoms with van der Waals surface area (Å²) in [7, 11) is 1.70. The maximum absolute atomic E-state index is 12.4. The third-order valence-corrected chi connectivity index (χ3v) is 2.82. The molecule has 4 heteroatoms. The van der Waals surface area contributed by atoms with Crippen LogP contribution in [0.15, 0.2) is 30.3 Å². The van der Waals surface area contributed by atoms with Crippen LogP contribution in [0, 0.1) is 0 Å². The fraction of sp³-hybridized carbons (Fsp3) is 0.333. The van der Waals surface area contributed by atoms with Gasteiger partial charge in [-0.15, -0.1) is 0 Å². The Kier molecular flexibility index (Phi) is 5.96. The number of carbonyl (C=O) groups excluding carboxylic acids is 2. The molecule has 0 spiro atoms. The summed E-state index contributed by atoms with van der Waals surface area (Å²) in [5.41, 5.74) is 1.27. The van der Waals surface area contributed by atoms with Crippen LogP contribution in [0.5, 0.6) is 0 Å². The molecule has 102 valence electrons. The number of ether oxygens (including phenoxy) is 1. The van der Waals surface area contributed by atoms with Crippen molar-refractivity contribution in [2.24, 2.45) is 0 Å². The summed E-state index contributed by atoms with van der Waals surface area (Å²) in [6.45, 7) is 4.26. The second-order valence-electron chi connectivity index (χ2n) is 4.05. The number of rotatable bonds is 6. The Balaban J connectivity index is 2.98. The fourth-order valence-corrected chi connectivity index (χ4v) is 1.69. The molecule has 0 bridgehead atoms. The molecule has 0 saturated heterocycles. The third-order valence-electron chi connectivity index (χ3n) is 2.82. The van der Waals surface area contributed by atoms with E-state index in [-0.39, 0.29) is 12.1 Å². The lowest BCUT2D eigenvalue weighted by atomic mass is 10.1. The van der Waals surface area contributed by atoms with Crippen molar-refractivity contribution in [2.45, 2.75) is 20.1 Å². The van der Waals surface area contributed by atoms with Crippen molar-refractivity contribution in [1.82, 2.24) is 4.90 Å². The van der Waals surface area contributed by atoms with Gasteiger partial charge in [0.05, 0.1) is 0 Å². The molecule has 1 amide bonds. The largest absolute Gasteiger partial charge is 0.359 e. The Bertz CT molecular complexity index is 468. The number of amides is 1. The van der Waals surface area contributed by atoms with E-state index < -0.39 is 0 Å². The van der Waals surface area contributed by atoms with Gasteiger partial charge in [0.1, 0.15) is 12.5 Å². The zero-order valence-electron chi connectivity index (χ0n) is 11.5. The van der Waals surface area contributed by atoms with Crippen LogP contribution in [-0.2, 0) is 9.53 Å². The molecular weight excluding hydrogens is 242 g/mol. The summed E-state index contributed by atoms with van der Waals surface area (Å²) >= 11 is 0. The van der Waals surface area contributed by atoms with E-state index in [0.717, 1.165) is 5.56 Å². The highest BCUT2D eigenvalue weighted by molar-refractivity contribution is 5.98. The van der Waals surface area contributed by atoms with Crippen molar-refractivity contribution in [3.8, 4) is 0 Å². The smallest absolute Gasteiger partial charge is 0.256 e. The van der Waals surface area contributed by atoms with E-state index in [2.05, 4.69) is 0 Å². The summed E-state index contributed by atoms with van der Waals surface area (Å²) in [4.78, 5) is 24.3. The number of nitrogens with zero attached hydrogens (tertiary/aromatic N) is 1. The minimum Gasteiger partial charge on any atom is -0.359 e. The molecule has 0 heterocycles. The van der Waals surface area contributed by atoms with Crippen LogP contribution in [0.25, 0.3) is 6.08 Å². The van der Waals surface area contributed by atoms with Gasteiger partial charge in [-0.05, 0) is 31.6 Å². The van der Waals surface area contributed by atoms with Crippen LogP contribution in [0.3, 0.4) is 0 Å². The Labute approximate surface area is 113 Å². The summed E-state index contributed by atoms with van der Waals surface area (Å²) in [6, 6.07) is 7.16. The molecule has 0 fully saturated rings. The zero-order chi connectivity index (χ0) is 14.3. The van der Waals surface area contributed by atoms with Gasteiger partial charge in [0.25, 0.3) is 5.91 Å². The highest BCUT2D eigenvalue weighted by Gasteiger charge is 2.19. The predicted octanol–water partition coefficient (Wildman–Crippen LogP) is 2.35. The van der Waals surface area contributed by atoms with E-state index in [9.17, 15) is 9.59 Å². The van der Waals surface area contributed by atoms with E-state index in [1.165, 1.54) is 11.0 Å². The number of hydrogen-bond acceptors (Lipinski definition) is 3. The van der Waals surface area contributed by atoms with E-state index >= 15 is 0 Å². The summed E-state index contributed by atoms with van der Waals surface area (Å²) < 4.78 is 5.40. The van der Waals surface area contributed by atoms with Crippen LogP contribution in [0.4, 0.5) is 0 Å². The van der Waals surface area contributed by atoms with Crippen molar-refractivity contribution in [3.63, 3.8) is 0 Å². The van der Waals surface area contributed by atoms with Gasteiger partial charge in [-0.1, -0.05) is 24.3 Å². The lowest BCUT2D eigenvalue weighted by Crippen LogP contribution is -2.37. The van der Waals surface area contributed by atoms with Crippen LogP contribution in [-0.4, -0.2) is 37.0 Å². The maximum atomic E-state index is 12.4. The van der Waals surface area contributed by atoms with Gasteiger partial charge in [0, 0.05) is 19.2 Å². The molecule has 0 aliphatic heterocycles. The molecule has 0 aliphatic carbocycles. The number of allylic oxidation sites excluding steroid dienone is 1. The quantitative estimate of drug-likeness (QED) is 0.448. The van der Waals surface area contributed by atoms with E-state index in [1.807, 2.05) is 19.9 Å². The van der Waals surface area contributed by atoms with E-state index in [4.69, 9.17) is 4.74 Å². The Hall–Kier alpha value is -1.94. The van der Waals surface area contributed by atoms with Crippen molar-refractivity contribution >= 4 is 18.3 Å². The molecule has 1 atom stereocenters. The summed E-state index contributed by atoms with van der Waals surface area (Å²) in [6.07, 6.45) is 3.39. The predicted molar refractivity (Wildman–Crippen MR) is 74.7 cm³/mol. The lowest BCUT2D eigenvalue weighted by Gasteiger charge is -2.25. The van der Waals surface area contributed by atoms with Crippen LogP contribution >= 0.6 is 0 Å². The monoisotopic (exact) mass is 261 g/mol. The van der Waals surface area contributed by atoms with E-state index in [0.29, 0.717) is 18.5 Å². The number of aldehydes is 1. The summed E-state index contributed by atoms with van der Waals surface area (Å²) in [5, 5.41) is 0. The minimum absolute atomic E-state index is 0.132. The Morgan fingerprint density at radius 3 is 2.74 bits per heavy atom. The number of hydrogen-bond donors (Lipinski definition) is 0. The molecule has 4 nitrogen and oxygen atoms in total. The zero-order valence-corrected chi connectivity index (χ0v) is 11.5. The van der Waals surface area contributed by atoms with E-state index in [1.54, 1.807) is 31.3 Å². The van der Waals surface area contributed by atoms with Gasteiger partial charge in [0.2, 0.25) is 0 Å². The average Bonchev–Trinajstić information content (AvgIpc) is 2.44. The number of carbonyl (C=O) groups is 2. The van der Waals surface area contributed by atoms with Crippen molar-refractivity contribution in [1.29, 1.82) is 0 Å². The van der Waals surface area contributed by atoms with Crippen LogP contribution in [0.1, 0.15) is 29.8 Å².